The van der Waals surface area contributed by atoms with Crippen LogP contribution < -0.4 is 0 Å². The maximum absolute atomic E-state index is 14.0. The van der Waals surface area contributed by atoms with Gasteiger partial charge in [0.1, 0.15) is 12.1 Å². The molecule has 19 heavy (non-hydrogen) atoms. The Hall–Kier alpha value is -1.26. The fraction of sp³-hybridized carbons (Fsp3) is 0.533. The Morgan fingerprint density at radius 1 is 1.05 bits per heavy atom. The van der Waals surface area contributed by atoms with Crippen LogP contribution in [0.2, 0.25) is 0 Å². The van der Waals surface area contributed by atoms with Crippen LogP contribution in [0.3, 0.4) is 0 Å². The predicted octanol–water partition coefficient (Wildman–Crippen LogP) is 2.58. The van der Waals surface area contributed by atoms with Gasteiger partial charge in [-0.25, -0.2) is 4.39 Å². The Kier molecular flexibility index (Phi) is 3.15. The summed E-state index contributed by atoms with van der Waals surface area (Å²) in [6.45, 7) is 1.21. The number of ether oxygens (including phenoxy) is 2. The number of rotatable bonds is 2. The van der Waals surface area contributed by atoms with Gasteiger partial charge in [-0.1, -0.05) is 18.2 Å². The number of aldehydes is 1. The molecule has 1 heterocycles. The predicted molar refractivity (Wildman–Crippen MR) is 67.2 cm³/mol. The van der Waals surface area contributed by atoms with E-state index in [-0.39, 0.29) is 5.82 Å². The molecule has 4 heteroatoms. The number of benzene rings is 1. The topological polar surface area (TPSA) is 35.5 Å². The monoisotopic (exact) mass is 264 g/mol. The average Bonchev–Trinajstić information content (AvgIpc) is 2.90. The molecule has 0 unspecified atom stereocenters. The maximum atomic E-state index is 14.0. The summed E-state index contributed by atoms with van der Waals surface area (Å²) in [5, 5.41) is 0. The average molecular weight is 264 g/mol. The highest BCUT2D eigenvalue weighted by atomic mass is 19.1. The number of carbonyl (C=O) groups excluding carboxylic acids is 1. The third-order valence-electron chi connectivity index (χ3n) is 4.35. The Bertz CT molecular complexity index is 470. The van der Waals surface area contributed by atoms with Gasteiger partial charge in [-0.2, -0.15) is 0 Å². The largest absolute Gasteiger partial charge is 0.348 e. The molecule has 2 aliphatic rings. The highest BCUT2D eigenvalue weighted by Crippen LogP contribution is 2.45. The normalized spacial score (nSPS) is 24.5. The SMILES string of the molecule is O=CC1(c2ccccc2F)CCC2(CC1)OCCO2. The van der Waals surface area contributed by atoms with E-state index in [1.165, 1.54) is 6.07 Å². The van der Waals surface area contributed by atoms with E-state index in [9.17, 15) is 9.18 Å². The van der Waals surface area contributed by atoms with E-state index in [0.717, 1.165) is 6.29 Å². The van der Waals surface area contributed by atoms with Gasteiger partial charge >= 0.3 is 0 Å². The van der Waals surface area contributed by atoms with Crippen molar-refractivity contribution >= 4 is 6.29 Å². The quantitative estimate of drug-likeness (QED) is 0.770. The molecule has 0 bridgehead atoms. The molecule has 102 valence electrons. The van der Waals surface area contributed by atoms with E-state index in [0.29, 0.717) is 44.5 Å². The van der Waals surface area contributed by atoms with Crippen LogP contribution >= 0.6 is 0 Å². The van der Waals surface area contributed by atoms with Gasteiger partial charge in [0, 0.05) is 18.4 Å². The van der Waals surface area contributed by atoms with Crippen LogP contribution in [0.1, 0.15) is 31.2 Å². The zero-order valence-electron chi connectivity index (χ0n) is 10.7. The summed E-state index contributed by atoms with van der Waals surface area (Å²) in [5.41, 5.74) is -0.232. The standard InChI is InChI=1S/C15H17FO3/c16-13-4-2-1-3-12(13)14(11-17)5-7-15(8-6-14)18-9-10-19-15/h1-4,11H,5-10H2. The maximum Gasteiger partial charge on any atom is 0.168 e. The van der Waals surface area contributed by atoms with Gasteiger partial charge in [0.2, 0.25) is 0 Å². The number of hydrogen-bond donors (Lipinski definition) is 0. The van der Waals surface area contributed by atoms with E-state index in [1.807, 2.05) is 0 Å². The van der Waals surface area contributed by atoms with Gasteiger partial charge in [0.15, 0.2) is 5.79 Å². The summed E-state index contributed by atoms with van der Waals surface area (Å²) < 4.78 is 25.3. The van der Waals surface area contributed by atoms with Crippen molar-refractivity contribution in [3.8, 4) is 0 Å². The van der Waals surface area contributed by atoms with Crippen LogP contribution in [0, 0.1) is 5.82 Å². The highest BCUT2D eigenvalue weighted by Gasteiger charge is 2.47. The third kappa shape index (κ3) is 2.09. The molecule has 0 aromatic heterocycles. The van der Waals surface area contributed by atoms with Crippen LogP contribution in [-0.2, 0) is 19.7 Å². The summed E-state index contributed by atoms with van der Waals surface area (Å²) in [5.74, 6) is -0.837. The lowest BCUT2D eigenvalue weighted by atomic mass is 9.68. The first-order valence-corrected chi connectivity index (χ1v) is 6.69. The molecule has 1 aliphatic carbocycles. The minimum absolute atomic E-state index is 0.307. The summed E-state index contributed by atoms with van der Waals surface area (Å²) in [6, 6.07) is 6.53. The molecule has 3 rings (SSSR count). The first-order chi connectivity index (χ1) is 9.20. The van der Waals surface area contributed by atoms with E-state index < -0.39 is 11.2 Å². The second kappa shape index (κ2) is 4.69. The molecule has 0 atom stereocenters. The van der Waals surface area contributed by atoms with Gasteiger partial charge < -0.3 is 14.3 Å². The molecule has 3 nitrogen and oxygen atoms in total. The minimum atomic E-state index is -0.730. The molecule has 1 aromatic rings. The first-order valence-electron chi connectivity index (χ1n) is 6.69. The smallest absolute Gasteiger partial charge is 0.168 e. The molecule has 0 amide bonds. The van der Waals surface area contributed by atoms with Gasteiger partial charge in [-0.3, -0.25) is 0 Å². The van der Waals surface area contributed by atoms with Crippen molar-refractivity contribution in [3.63, 3.8) is 0 Å². The van der Waals surface area contributed by atoms with Gasteiger partial charge in [0.25, 0.3) is 0 Å². The van der Waals surface area contributed by atoms with Crippen LogP contribution in [0.15, 0.2) is 24.3 Å². The zero-order chi connectivity index (χ0) is 13.3. The Morgan fingerprint density at radius 2 is 1.68 bits per heavy atom. The fourth-order valence-electron chi connectivity index (χ4n) is 3.18. The van der Waals surface area contributed by atoms with Crippen LogP contribution in [0.4, 0.5) is 4.39 Å². The van der Waals surface area contributed by atoms with Gasteiger partial charge in [-0.05, 0) is 18.9 Å². The number of halogens is 1. The summed E-state index contributed by atoms with van der Waals surface area (Å²) in [4.78, 5) is 11.6. The zero-order valence-corrected chi connectivity index (χ0v) is 10.7. The molecule has 0 N–H and O–H groups in total. The molecule has 2 fully saturated rings. The molecule has 1 saturated carbocycles. The molecule has 0 radical (unpaired) electrons. The second-order valence-corrected chi connectivity index (χ2v) is 5.36. The fourth-order valence-corrected chi connectivity index (χ4v) is 3.18. The molecular weight excluding hydrogens is 247 g/mol. The molecule has 1 saturated heterocycles. The van der Waals surface area contributed by atoms with E-state index in [4.69, 9.17) is 9.47 Å². The highest BCUT2D eigenvalue weighted by molar-refractivity contribution is 5.69. The first kappa shape index (κ1) is 12.8. The Balaban J connectivity index is 1.87. The minimum Gasteiger partial charge on any atom is -0.348 e. The lowest BCUT2D eigenvalue weighted by Crippen LogP contribution is -2.43. The Morgan fingerprint density at radius 3 is 2.26 bits per heavy atom. The number of hydrogen-bond acceptors (Lipinski definition) is 3. The van der Waals surface area contributed by atoms with Crippen LogP contribution in [0.25, 0.3) is 0 Å². The van der Waals surface area contributed by atoms with Crippen LogP contribution in [-0.4, -0.2) is 25.3 Å². The summed E-state index contributed by atoms with van der Waals surface area (Å²) in [6.07, 6.45) is 3.31. The summed E-state index contributed by atoms with van der Waals surface area (Å²) >= 11 is 0. The van der Waals surface area contributed by atoms with Crippen LogP contribution in [0.5, 0.6) is 0 Å². The van der Waals surface area contributed by atoms with Crippen molar-refractivity contribution in [1.29, 1.82) is 0 Å². The molecular formula is C15H17FO3. The second-order valence-electron chi connectivity index (χ2n) is 5.36. The van der Waals surface area contributed by atoms with Crippen molar-refractivity contribution in [2.24, 2.45) is 0 Å². The van der Waals surface area contributed by atoms with E-state index in [2.05, 4.69) is 0 Å². The third-order valence-corrected chi connectivity index (χ3v) is 4.35. The van der Waals surface area contributed by atoms with Crippen molar-refractivity contribution in [2.75, 3.05) is 13.2 Å². The van der Waals surface area contributed by atoms with E-state index >= 15 is 0 Å². The van der Waals surface area contributed by atoms with Gasteiger partial charge in [0.05, 0.1) is 18.6 Å². The van der Waals surface area contributed by atoms with Crippen molar-refractivity contribution in [2.45, 2.75) is 36.9 Å². The van der Waals surface area contributed by atoms with Gasteiger partial charge in [-0.15, -0.1) is 0 Å². The van der Waals surface area contributed by atoms with Crippen molar-refractivity contribution in [3.05, 3.63) is 35.6 Å². The lowest BCUT2D eigenvalue weighted by molar-refractivity contribution is -0.184. The van der Waals surface area contributed by atoms with Crippen molar-refractivity contribution in [1.82, 2.24) is 0 Å². The lowest BCUT2D eigenvalue weighted by Gasteiger charge is -2.40. The molecule has 1 spiro atoms. The van der Waals surface area contributed by atoms with E-state index in [1.54, 1.807) is 18.2 Å². The Labute approximate surface area is 111 Å². The molecule has 1 aliphatic heterocycles. The number of carbonyl (C=O) groups is 1. The molecule has 1 aromatic carbocycles. The summed E-state index contributed by atoms with van der Waals surface area (Å²) in [7, 11) is 0. The van der Waals surface area contributed by atoms with Crippen molar-refractivity contribution < 1.29 is 18.7 Å².